The molecular formula is O5TaY. The summed E-state index contributed by atoms with van der Waals surface area (Å²) < 4.78 is 43.4. The first-order valence-electron chi connectivity index (χ1n) is 0.913. The third-order valence-corrected chi connectivity index (χ3v) is 0. The normalized spacial score (nSPS) is 8.57. The van der Waals surface area contributed by atoms with Crippen molar-refractivity contribution in [3.63, 3.8) is 0 Å². The van der Waals surface area contributed by atoms with Gasteiger partial charge in [0.05, 0.1) is 0 Å². The van der Waals surface area contributed by atoms with Gasteiger partial charge in [-0.3, -0.25) is 0 Å². The molecule has 0 fully saturated rings. The van der Waals surface area contributed by atoms with Crippen LogP contribution in [-0.4, -0.2) is 0 Å². The fourth-order valence-electron chi connectivity index (χ4n) is 0. The molecule has 0 atom stereocenters. The van der Waals surface area contributed by atoms with Gasteiger partial charge in [-0.2, -0.15) is 0 Å². The zero-order valence-corrected chi connectivity index (χ0v) is 9.12. The van der Waals surface area contributed by atoms with Gasteiger partial charge in [-0.1, -0.05) is 0 Å². The quantitative estimate of drug-likeness (QED) is 0.583. The monoisotopic (exact) mass is 350 g/mol. The number of rotatable bonds is 0. The SMILES string of the molecule is [O]=[Ta](=[O])(=[O])(=[O])=[O].[Y]. The summed E-state index contributed by atoms with van der Waals surface area (Å²) in [6, 6.07) is 0. The summed E-state index contributed by atoms with van der Waals surface area (Å²) in [4.78, 5) is 0. The Hall–Kier alpha value is 0.844. The topological polar surface area (TPSA) is 85.3 Å². The maximum atomic E-state index is 8.67. The van der Waals surface area contributed by atoms with Gasteiger partial charge in [0.15, 0.2) is 0 Å². The van der Waals surface area contributed by atoms with Crippen LogP contribution in [0.5, 0.6) is 0 Å². The smallest absolute Gasteiger partial charge is 0 e. The van der Waals surface area contributed by atoms with Crippen molar-refractivity contribution in [2.24, 2.45) is 0 Å². The molecule has 0 unspecified atom stereocenters. The second-order valence-corrected chi connectivity index (χ2v) is 6.10. The van der Waals surface area contributed by atoms with Crippen LogP contribution in [0.1, 0.15) is 0 Å². The Labute approximate surface area is 64.0 Å². The van der Waals surface area contributed by atoms with Crippen LogP contribution in [0.25, 0.3) is 0 Å². The first-order valence-corrected chi connectivity index (χ1v) is 7.47. The van der Waals surface area contributed by atoms with E-state index in [1.807, 2.05) is 0 Å². The molecular weight excluding hydrogens is 350 g/mol. The van der Waals surface area contributed by atoms with Crippen LogP contribution in [-0.2, 0) is 64.6 Å². The van der Waals surface area contributed by atoms with Crippen LogP contribution in [0, 0.1) is 0 Å². The number of hydrogen-bond acceptors (Lipinski definition) is 5. The van der Waals surface area contributed by atoms with Gasteiger partial charge < -0.3 is 0 Å². The summed E-state index contributed by atoms with van der Waals surface area (Å²) in [5.74, 6) is 0. The van der Waals surface area contributed by atoms with Crippen LogP contribution < -0.4 is 0 Å². The van der Waals surface area contributed by atoms with Crippen molar-refractivity contribution in [1.82, 2.24) is 0 Å². The summed E-state index contributed by atoms with van der Waals surface area (Å²) in [5, 5.41) is 0. The molecule has 0 N–H and O–H groups in total. The molecule has 0 bridgehead atoms. The molecule has 0 aromatic carbocycles. The van der Waals surface area contributed by atoms with Crippen LogP contribution in [0.4, 0.5) is 0 Å². The van der Waals surface area contributed by atoms with Crippen LogP contribution in [0.15, 0.2) is 0 Å². The Kier molecular flexibility index (Phi) is 3.06. The Morgan fingerprint density at radius 3 is 0.714 bits per heavy atom. The van der Waals surface area contributed by atoms with E-state index in [0.717, 1.165) is 0 Å². The van der Waals surface area contributed by atoms with E-state index in [4.69, 9.17) is 16.3 Å². The molecule has 0 aromatic heterocycles. The molecule has 7 heteroatoms. The summed E-state index contributed by atoms with van der Waals surface area (Å²) in [6.07, 6.45) is 0. The molecule has 0 saturated heterocycles. The molecule has 0 aliphatic rings. The van der Waals surface area contributed by atoms with E-state index in [9.17, 15) is 0 Å². The van der Waals surface area contributed by atoms with Crippen LogP contribution >= 0.6 is 0 Å². The summed E-state index contributed by atoms with van der Waals surface area (Å²) in [5.41, 5.74) is 0. The fourth-order valence-corrected chi connectivity index (χ4v) is 0. The van der Waals surface area contributed by atoms with Crippen molar-refractivity contribution in [3.8, 4) is 0 Å². The van der Waals surface area contributed by atoms with Gasteiger partial charge in [0.1, 0.15) is 0 Å². The van der Waals surface area contributed by atoms with Gasteiger partial charge in [0.25, 0.3) is 0 Å². The summed E-state index contributed by atoms with van der Waals surface area (Å²) in [7, 11) is 0. The molecule has 7 heavy (non-hydrogen) atoms. The van der Waals surface area contributed by atoms with Crippen molar-refractivity contribution in [1.29, 1.82) is 0 Å². The van der Waals surface area contributed by atoms with E-state index in [0.29, 0.717) is 0 Å². The fraction of sp³-hybridized carbons (Fsp3) is 0. The molecule has 0 saturated carbocycles. The molecule has 38 valence electrons. The van der Waals surface area contributed by atoms with Crippen molar-refractivity contribution in [3.05, 3.63) is 0 Å². The molecule has 0 aliphatic carbocycles. The largest absolute Gasteiger partial charge is 0 e. The average molecular weight is 350 g/mol. The zero-order chi connectivity index (χ0) is 5.45. The van der Waals surface area contributed by atoms with E-state index in [-0.39, 0.29) is 32.7 Å². The predicted molar refractivity (Wildman–Crippen MR) is 3.43 cm³/mol. The standard InChI is InChI=1S/5O.Ta.Y. The summed E-state index contributed by atoms with van der Waals surface area (Å²) >= 11 is -8.05. The molecule has 1 radical (unpaired) electrons. The Balaban J connectivity index is 0. The molecule has 0 heterocycles. The molecule has 0 aliphatic heterocycles. The minimum Gasteiger partial charge on any atom is 0 e. The van der Waals surface area contributed by atoms with E-state index < -0.39 is 15.7 Å². The first-order chi connectivity index (χ1) is 2.24. The molecule has 0 aromatic rings. The predicted octanol–water partition coefficient (Wildman–Crippen LogP) is -0.599. The van der Waals surface area contributed by atoms with E-state index in [1.54, 1.807) is 0 Å². The minimum atomic E-state index is -8.05. The van der Waals surface area contributed by atoms with Gasteiger partial charge >= 0.3 is 31.9 Å². The van der Waals surface area contributed by atoms with Gasteiger partial charge in [0, 0.05) is 32.7 Å². The van der Waals surface area contributed by atoms with Crippen molar-refractivity contribution in [2.45, 2.75) is 0 Å². The van der Waals surface area contributed by atoms with Crippen molar-refractivity contribution < 1.29 is 64.6 Å². The minimum absolute atomic E-state index is 0. The average Bonchev–Trinajstić information content (AvgIpc) is 0.650. The number of hydrogen-bond donors (Lipinski definition) is 0. The zero-order valence-electron chi connectivity index (χ0n) is 3.07. The maximum Gasteiger partial charge on any atom is 0 e. The molecule has 0 amide bonds. The Morgan fingerprint density at radius 1 is 0.714 bits per heavy atom. The van der Waals surface area contributed by atoms with Crippen molar-refractivity contribution in [2.75, 3.05) is 0 Å². The first kappa shape index (κ1) is 10.8. The second-order valence-electron chi connectivity index (χ2n) is 0.745. The molecule has 0 rings (SSSR count). The molecule has 5 nitrogen and oxygen atoms in total. The third kappa shape index (κ3) is 225. The maximum absolute atomic E-state index is 8.67. The van der Waals surface area contributed by atoms with Crippen LogP contribution in [0.2, 0.25) is 0 Å². The van der Waals surface area contributed by atoms with E-state index >= 15 is 0 Å². The Morgan fingerprint density at radius 2 is 0.714 bits per heavy atom. The van der Waals surface area contributed by atoms with Gasteiger partial charge in [0.2, 0.25) is 0 Å². The second kappa shape index (κ2) is 1.99. The van der Waals surface area contributed by atoms with Crippen molar-refractivity contribution >= 4 is 0 Å². The van der Waals surface area contributed by atoms with Gasteiger partial charge in [-0.05, 0) is 0 Å². The Bertz CT molecular complexity index is 278. The van der Waals surface area contributed by atoms with E-state index in [2.05, 4.69) is 0 Å². The molecule has 0 spiro atoms. The van der Waals surface area contributed by atoms with E-state index in [1.165, 1.54) is 0 Å². The summed E-state index contributed by atoms with van der Waals surface area (Å²) in [6.45, 7) is 0. The van der Waals surface area contributed by atoms with Gasteiger partial charge in [-0.25, -0.2) is 0 Å². The van der Waals surface area contributed by atoms with Crippen LogP contribution in [0.3, 0.4) is 0 Å². The third-order valence-electron chi connectivity index (χ3n) is 0. The van der Waals surface area contributed by atoms with Gasteiger partial charge in [-0.15, -0.1) is 0 Å².